The van der Waals surface area contributed by atoms with Crippen molar-refractivity contribution >= 4 is 6.08 Å². The van der Waals surface area contributed by atoms with Crippen LogP contribution >= 0.6 is 0 Å². The summed E-state index contributed by atoms with van der Waals surface area (Å²) in [4.78, 5) is 0. The molecule has 0 spiro atoms. The van der Waals surface area contributed by atoms with Crippen LogP contribution in [0.15, 0.2) is 18.0 Å². The Morgan fingerprint density at radius 3 is 2.75 bits per heavy atom. The van der Waals surface area contributed by atoms with Gasteiger partial charge < -0.3 is 5.32 Å². The van der Waals surface area contributed by atoms with Crippen LogP contribution in [0.5, 0.6) is 0 Å². The zero-order valence-electron chi connectivity index (χ0n) is 10.8. The van der Waals surface area contributed by atoms with E-state index in [4.69, 9.17) is 0 Å². The van der Waals surface area contributed by atoms with Crippen molar-refractivity contribution in [3.8, 4) is 0 Å². The molecule has 0 aliphatic heterocycles. The van der Waals surface area contributed by atoms with Crippen LogP contribution in [0.4, 0.5) is 0 Å². The van der Waals surface area contributed by atoms with Gasteiger partial charge in [-0.15, -0.1) is 0 Å². The lowest BCUT2D eigenvalue weighted by Crippen LogP contribution is -2.24. The van der Waals surface area contributed by atoms with E-state index in [1.54, 1.807) is 0 Å². The van der Waals surface area contributed by atoms with E-state index in [9.17, 15) is 0 Å². The Bertz CT molecular complexity index is 337. The Labute approximate surface area is 98.5 Å². The van der Waals surface area contributed by atoms with E-state index in [-0.39, 0.29) is 0 Å². The smallest absolute Gasteiger partial charge is 0.0562 e. The lowest BCUT2D eigenvalue weighted by Gasteiger charge is -2.09. The van der Waals surface area contributed by atoms with Crippen LogP contribution in [0, 0.1) is 0 Å². The van der Waals surface area contributed by atoms with E-state index in [0.717, 1.165) is 19.5 Å². The first-order chi connectivity index (χ1) is 7.65. The minimum absolute atomic E-state index is 0.535. The second-order valence-electron chi connectivity index (χ2n) is 4.32. The molecular weight excluding hydrogens is 198 g/mol. The maximum Gasteiger partial charge on any atom is 0.0562 e. The summed E-state index contributed by atoms with van der Waals surface area (Å²) in [5.41, 5.74) is 2.62. The van der Waals surface area contributed by atoms with Crippen molar-refractivity contribution in [1.82, 2.24) is 15.1 Å². The third-order valence-electron chi connectivity index (χ3n) is 2.54. The van der Waals surface area contributed by atoms with Crippen LogP contribution in [-0.2, 0) is 6.54 Å². The van der Waals surface area contributed by atoms with Gasteiger partial charge in [0.1, 0.15) is 0 Å². The lowest BCUT2D eigenvalue weighted by atomic mass is 10.1. The predicted octanol–water partition coefficient (Wildman–Crippen LogP) is 2.69. The summed E-state index contributed by atoms with van der Waals surface area (Å²) in [5.74, 6) is 0. The standard InChI is InChI=1S/C13H23N3/c1-5-12(8-14-11(3)4)7-13-9-15-16(6-2)10-13/h7,9-11,14H,5-6,8H2,1-4H3. The number of hydrogen-bond acceptors (Lipinski definition) is 2. The number of nitrogens with one attached hydrogen (secondary N) is 1. The highest BCUT2D eigenvalue weighted by Gasteiger charge is 1.99. The molecule has 0 aromatic carbocycles. The van der Waals surface area contributed by atoms with Gasteiger partial charge in [0.05, 0.1) is 6.20 Å². The van der Waals surface area contributed by atoms with Gasteiger partial charge in [-0.05, 0) is 13.3 Å². The molecule has 1 heterocycles. The number of rotatable bonds is 6. The van der Waals surface area contributed by atoms with Crippen molar-refractivity contribution in [3.63, 3.8) is 0 Å². The summed E-state index contributed by atoms with van der Waals surface area (Å²) in [5, 5.41) is 7.71. The molecule has 1 rings (SSSR count). The quantitative estimate of drug-likeness (QED) is 0.800. The van der Waals surface area contributed by atoms with Crippen LogP contribution in [0.25, 0.3) is 6.08 Å². The summed E-state index contributed by atoms with van der Waals surface area (Å²) in [6, 6.07) is 0.535. The fraction of sp³-hybridized carbons (Fsp3) is 0.615. The molecule has 0 saturated carbocycles. The lowest BCUT2D eigenvalue weighted by molar-refractivity contribution is 0.617. The van der Waals surface area contributed by atoms with Gasteiger partial charge in [-0.3, -0.25) is 4.68 Å². The second-order valence-corrected chi connectivity index (χ2v) is 4.32. The summed E-state index contributed by atoms with van der Waals surface area (Å²) < 4.78 is 1.95. The maximum atomic E-state index is 4.27. The number of nitrogens with zero attached hydrogens (tertiary/aromatic N) is 2. The first-order valence-electron chi connectivity index (χ1n) is 6.11. The summed E-state index contributed by atoms with van der Waals surface area (Å²) in [6.45, 7) is 10.5. The van der Waals surface area contributed by atoms with E-state index in [1.165, 1.54) is 11.1 Å². The normalized spacial score (nSPS) is 12.4. The van der Waals surface area contributed by atoms with E-state index in [2.05, 4.69) is 50.4 Å². The van der Waals surface area contributed by atoms with Gasteiger partial charge in [0.2, 0.25) is 0 Å². The van der Waals surface area contributed by atoms with Gasteiger partial charge in [0.25, 0.3) is 0 Å². The highest BCUT2D eigenvalue weighted by molar-refractivity contribution is 5.51. The summed E-state index contributed by atoms with van der Waals surface area (Å²) in [7, 11) is 0. The minimum Gasteiger partial charge on any atom is -0.311 e. The Kier molecular flexibility index (Phi) is 5.26. The van der Waals surface area contributed by atoms with E-state index >= 15 is 0 Å². The predicted molar refractivity (Wildman–Crippen MR) is 69.3 cm³/mol. The van der Waals surface area contributed by atoms with Crippen LogP contribution in [0.2, 0.25) is 0 Å². The molecule has 3 nitrogen and oxygen atoms in total. The third-order valence-corrected chi connectivity index (χ3v) is 2.54. The fourth-order valence-electron chi connectivity index (χ4n) is 1.48. The number of hydrogen-bond donors (Lipinski definition) is 1. The molecule has 0 fully saturated rings. The molecule has 0 saturated heterocycles. The van der Waals surface area contributed by atoms with Gasteiger partial charge in [0, 0.05) is 30.9 Å². The molecule has 1 aromatic heterocycles. The van der Waals surface area contributed by atoms with Crippen LogP contribution in [-0.4, -0.2) is 22.4 Å². The number of aromatic nitrogens is 2. The van der Waals surface area contributed by atoms with E-state index in [0.29, 0.717) is 6.04 Å². The van der Waals surface area contributed by atoms with Crippen molar-refractivity contribution in [3.05, 3.63) is 23.5 Å². The van der Waals surface area contributed by atoms with Gasteiger partial charge in [0.15, 0.2) is 0 Å². The van der Waals surface area contributed by atoms with Gasteiger partial charge in [-0.1, -0.05) is 32.4 Å². The maximum absolute atomic E-state index is 4.27. The van der Waals surface area contributed by atoms with Crippen LogP contribution in [0.1, 0.15) is 39.7 Å². The van der Waals surface area contributed by atoms with E-state index < -0.39 is 0 Å². The average molecular weight is 221 g/mol. The van der Waals surface area contributed by atoms with Gasteiger partial charge >= 0.3 is 0 Å². The van der Waals surface area contributed by atoms with Crippen LogP contribution < -0.4 is 5.32 Å². The second kappa shape index (κ2) is 6.48. The zero-order valence-corrected chi connectivity index (χ0v) is 10.8. The molecule has 16 heavy (non-hydrogen) atoms. The molecule has 0 aliphatic rings. The first-order valence-corrected chi connectivity index (χ1v) is 6.11. The SMILES string of the molecule is CCC(=Cc1cnn(CC)c1)CNC(C)C. The molecule has 3 heteroatoms. The highest BCUT2D eigenvalue weighted by Crippen LogP contribution is 2.08. The third kappa shape index (κ3) is 4.19. The highest BCUT2D eigenvalue weighted by atomic mass is 15.3. The number of aryl methyl sites for hydroxylation is 1. The molecule has 0 unspecified atom stereocenters. The molecule has 0 aliphatic carbocycles. The molecular formula is C13H23N3. The Morgan fingerprint density at radius 2 is 2.25 bits per heavy atom. The van der Waals surface area contributed by atoms with Crippen molar-refractivity contribution < 1.29 is 0 Å². The van der Waals surface area contributed by atoms with E-state index in [1.807, 2.05) is 10.9 Å². The molecule has 0 radical (unpaired) electrons. The largest absolute Gasteiger partial charge is 0.311 e. The summed E-state index contributed by atoms with van der Waals surface area (Å²) >= 11 is 0. The molecule has 0 atom stereocenters. The van der Waals surface area contributed by atoms with Crippen LogP contribution in [0.3, 0.4) is 0 Å². The zero-order chi connectivity index (χ0) is 12.0. The van der Waals surface area contributed by atoms with Crippen molar-refractivity contribution in [2.75, 3.05) is 6.54 Å². The summed E-state index contributed by atoms with van der Waals surface area (Å²) in [6.07, 6.45) is 7.32. The molecule has 90 valence electrons. The van der Waals surface area contributed by atoms with Crippen molar-refractivity contribution in [1.29, 1.82) is 0 Å². The molecule has 0 bridgehead atoms. The fourth-order valence-corrected chi connectivity index (χ4v) is 1.48. The Balaban J connectivity index is 2.63. The van der Waals surface area contributed by atoms with Gasteiger partial charge in [-0.2, -0.15) is 5.10 Å². The first kappa shape index (κ1) is 13.0. The average Bonchev–Trinajstić information content (AvgIpc) is 2.71. The molecule has 1 N–H and O–H groups in total. The topological polar surface area (TPSA) is 29.9 Å². The van der Waals surface area contributed by atoms with Crippen molar-refractivity contribution in [2.24, 2.45) is 0 Å². The Hall–Kier alpha value is -1.09. The minimum atomic E-state index is 0.535. The van der Waals surface area contributed by atoms with Gasteiger partial charge in [-0.25, -0.2) is 0 Å². The van der Waals surface area contributed by atoms with Crippen molar-refractivity contribution in [2.45, 2.75) is 46.7 Å². The molecule has 1 aromatic rings. The monoisotopic (exact) mass is 221 g/mol. The molecule has 0 amide bonds. The Morgan fingerprint density at radius 1 is 1.50 bits per heavy atom.